The highest BCUT2D eigenvalue weighted by atomic mass is 16.5. The van der Waals surface area contributed by atoms with Crippen molar-refractivity contribution < 1.29 is 28.2 Å². The summed E-state index contributed by atoms with van der Waals surface area (Å²) in [4.78, 5) is 31.0. The lowest BCUT2D eigenvalue weighted by molar-refractivity contribution is 0.0490. The van der Waals surface area contributed by atoms with Gasteiger partial charge in [-0.15, -0.1) is 0 Å². The van der Waals surface area contributed by atoms with Crippen molar-refractivity contribution in [2.24, 2.45) is 0 Å². The van der Waals surface area contributed by atoms with Crippen LogP contribution in [-0.2, 0) is 27.2 Å². The topological polar surface area (TPSA) is 103 Å². The number of anilines is 1. The summed E-state index contributed by atoms with van der Waals surface area (Å²) in [6.45, 7) is 5.54. The number of aryl methyl sites for hydroxylation is 1. The zero-order valence-electron chi connectivity index (χ0n) is 19.5. The fourth-order valence-corrected chi connectivity index (χ4v) is 3.66. The van der Waals surface area contributed by atoms with Gasteiger partial charge in [0.1, 0.15) is 12.4 Å². The number of benzene rings is 1. The number of unbranched alkanes of at least 4 members (excludes halogenated alkanes) is 1. The summed E-state index contributed by atoms with van der Waals surface area (Å²) in [5.74, 6) is 0.0431. The Morgan fingerprint density at radius 2 is 2.00 bits per heavy atom. The van der Waals surface area contributed by atoms with Gasteiger partial charge in [-0.2, -0.15) is 4.98 Å². The first-order chi connectivity index (χ1) is 16.0. The third-order valence-corrected chi connectivity index (χ3v) is 5.58. The molecule has 9 nitrogen and oxygen atoms in total. The number of ether oxygens (including phenoxy) is 3. The summed E-state index contributed by atoms with van der Waals surface area (Å²) in [5, 5.41) is 2.90. The molecule has 0 aliphatic carbocycles. The number of hydrogen-bond acceptors (Lipinski definition) is 8. The Hall–Kier alpha value is -3.07. The van der Waals surface area contributed by atoms with E-state index in [4.69, 9.17) is 18.6 Å². The molecule has 1 aliphatic rings. The van der Waals surface area contributed by atoms with Crippen molar-refractivity contribution in [2.45, 2.75) is 58.3 Å². The molecule has 2 heterocycles. The van der Waals surface area contributed by atoms with Gasteiger partial charge in [0.25, 0.3) is 6.01 Å². The van der Waals surface area contributed by atoms with Gasteiger partial charge in [0.15, 0.2) is 5.69 Å². The minimum absolute atomic E-state index is 0.205. The number of amides is 1. The zero-order chi connectivity index (χ0) is 23.6. The monoisotopic (exact) mass is 459 g/mol. The third-order valence-electron chi connectivity index (χ3n) is 5.58. The normalized spacial score (nSPS) is 18.1. The van der Waals surface area contributed by atoms with Crippen molar-refractivity contribution in [3.8, 4) is 0 Å². The van der Waals surface area contributed by atoms with Crippen LogP contribution in [-0.4, -0.2) is 56.0 Å². The molecule has 1 aliphatic heterocycles. The highest BCUT2D eigenvalue weighted by Crippen LogP contribution is 2.25. The number of aromatic nitrogens is 1. The van der Waals surface area contributed by atoms with E-state index in [-0.39, 0.29) is 24.4 Å². The molecule has 0 radical (unpaired) electrons. The van der Waals surface area contributed by atoms with Crippen LogP contribution >= 0.6 is 0 Å². The maximum Gasteiger partial charge on any atom is 0.407 e. The smallest absolute Gasteiger partial charge is 0.407 e. The number of nitrogens with one attached hydrogen (secondary N) is 1. The molecule has 2 aromatic rings. The summed E-state index contributed by atoms with van der Waals surface area (Å²) in [5.41, 5.74) is 1.15. The van der Waals surface area contributed by atoms with E-state index in [9.17, 15) is 9.59 Å². The predicted molar refractivity (Wildman–Crippen MR) is 122 cm³/mol. The lowest BCUT2D eigenvalue weighted by atomic mass is 10.0. The Bertz CT molecular complexity index is 901. The molecule has 3 rings (SSSR count). The van der Waals surface area contributed by atoms with Gasteiger partial charge >= 0.3 is 12.1 Å². The van der Waals surface area contributed by atoms with Crippen LogP contribution in [0.3, 0.4) is 0 Å². The zero-order valence-corrected chi connectivity index (χ0v) is 19.5. The Morgan fingerprint density at radius 3 is 2.70 bits per heavy atom. The molecule has 1 amide bonds. The molecule has 1 aromatic carbocycles. The number of alkyl carbamates (subject to hydrolysis) is 1. The average Bonchev–Trinajstić information content (AvgIpc) is 3.28. The molecule has 1 aromatic heterocycles. The third kappa shape index (κ3) is 6.71. The first kappa shape index (κ1) is 24.6. The van der Waals surface area contributed by atoms with E-state index in [0.29, 0.717) is 44.3 Å². The number of esters is 1. The van der Waals surface area contributed by atoms with Gasteiger partial charge < -0.3 is 28.8 Å². The number of piperidine rings is 1. The van der Waals surface area contributed by atoms with Crippen LogP contribution in [0.15, 0.2) is 34.7 Å². The minimum atomic E-state index is -0.485. The molecule has 9 heteroatoms. The Kier molecular flexibility index (Phi) is 9.12. The van der Waals surface area contributed by atoms with Crippen LogP contribution in [0.1, 0.15) is 54.9 Å². The molecular formula is C24H33N3O6. The van der Waals surface area contributed by atoms with Crippen molar-refractivity contribution in [3.05, 3.63) is 47.3 Å². The van der Waals surface area contributed by atoms with E-state index in [2.05, 4.69) is 10.3 Å². The number of nitrogens with zero attached hydrogens (tertiary/aromatic N) is 2. The highest BCUT2D eigenvalue weighted by Gasteiger charge is 2.34. The SMILES string of the molecule is CCCCOC(=O)c1nc(N2CC[C@H](NC(=O)OCc3ccccc3)[C@H](OC)C2)oc1CC. The standard InChI is InChI=1S/C24H33N3O6/c1-4-6-14-31-22(28)21-19(5-2)33-23(26-21)27-13-12-18(20(15-27)30-3)25-24(29)32-16-17-10-8-7-9-11-17/h7-11,18,20H,4-6,12-16H2,1-3H3,(H,25,29)/t18-,20+/m0/s1. The fourth-order valence-electron chi connectivity index (χ4n) is 3.66. The van der Waals surface area contributed by atoms with Gasteiger partial charge in [0, 0.05) is 20.1 Å². The largest absolute Gasteiger partial charge is 0.461 e. The average molecular weight is 460 g/mol. The number of methoxy groups -OCH3 is 1. The van der Waals surface area contributed by atoms with Crippen LogP contribution in [0.4, 0.5) is 10.8 Å². The number of rotatable bonds is 10. The van der Waals surface area contributed by atoms with Crippen LogP contribution in [0.2, 0.25) is 0 Å². The van der Waals surface area contributed by atoms with Gasteiger partial charge in [-0.05, 0) is 18.4 Å². The second-order valence-corrected chi connectivity index (χ2v) is 7.93. The Labute approximate surface area is 194 Å². The van der Waals surface area contributed by atoms with Crippen molar-refractivity contribution in [3.63, 3.8) is 0 Å². The van der Waals surface area contributed by atoms with Crippen LogP contribution < -0.4 is 10.2 Å². The number of hydrogen-bond donors (Lipinski definition) is 1. The fraction of sp³-hybridized carbons (Fsp3) is 0.542. The molecule has 0 spiro atoms. The van der Waals surface area contributed by atoms with E-state index < -0.39 is 12.1 Å². The molecule has 33 heavy (non-hydrogen) atoms. The van der Waals surface area contributed by atoms with Gasteiger partial charge in [0.2, 0.25) is 0 Å². The van der Waals surface area contributed by atoms with E-state index in [0.717, 1.165) is 18.4 Å². The minimum Gasteiger partial charge on any atom is -0.461 e. The van der Waals surface area contributed by atoms with Crippen molar-refractivity contribution in [1.29, 1.82) is 0 Å². The van der Waals surface area contributed by atoms with Gasteiger partial charge in [-0.3, -0.25) is 0 Å². The molecule has 180 valence electrons. The molecule has 1 fully saturated rings. The van der Waals surface area contributed by atoms with Crippen molar-refractivity contribution in [2.75, 3.05) is 31.7 Å². The molecule has 0 saturated carbocycles. The highest BCUT2D eigenvalue weighted by molar-refractivity contribution is 5.88. The van der Waals surface area contributed by atoms with Gasteiger partial charge in [-0.25, -0.2) is 9.59 Å². The maximum atomic E-state index is 12.4. The molecule has 1 N–H and O–H groups in total. The Balaban J connectivity index is 1.57. The molecule has 1 saturated heterocycles. The molecule has 2 atom stereocenters. The van der Waals surface area contributed by atoms with E-state index in [1.807, 2.05) is 49.1 Å². The maximum absolute atomic E-state index is 12.4. The molecule has 0 bridgehead atoms. The second kappa shape index (κ2) is 12.2. The summed E-state index contributed by atoms with van der Waals surface area (Å²) < 4.78 is 22.1. The first-order valence-electron chi connectivity index (χ1n) is 11.5. The Morgan fingerprint density at radius 1 is 1.21 bits per heavy atom. The number of oxazole rings is 1. The molecule has 0 unspecified atom stereocenters. The van der Waals surface area contributed by atoms with E-state index in [1.165, 1.54) is 0 Å². The summed E-state index contributed by atoms with van der Waals surface area (Å²) in [6, 6.07) is 9.66. The number of carbonyl (C=O) groups excluding carboxylic acids is 2. The van der Waals surface area contributed by atoms with E-state index in [1.54, 1.807) is 7.11 Å². The predicted octanol–water partition coefficient (Wildman–Crippen LogP) is 3.71. The van der Waals surface area contributed by atoms with Crippen LogP contribution in [0, 0.1) is 0 Å². The summed E-state index contributed by atoms with van der Waals surface area (Å²) in [7, 11) is 1.60. The lowest BCUT2D eigenvalue weighted by Gasteiger charge is -2.37. The quantitative estimate of drug-likeness (QED) is 0.424. The second-order valence-electron chi connectivity index (χ2n) is 7.93. The molecular weight excluding hydrogens is 426 g/mol. The summed E-state index contributed by atoms with van der Waals surface area (Å²) in [6.07, 6.45) is 2.12. The lowest BCUT2D eigenvalue weighted by Crippen LogP contribution is -2.55. The van der Waals surface area contributed by atoms with Crippen LogP contribution in [0.25, 0.3) is 0 Å². The van der Waals surface area contributed by atoms with E-state index >= 15 is 0 Å². The van der Waals surface area contributed by atoms with Crippen molar-refractivity contribution >= 4 is 18.1 Å². The van der Waals surface area contributed by atoms with Gasteiger partial charge in [0.05, 0.1) is 25.3 Å². The van der Waals surface area contributed by atoms with Crippen LogP contribution in [0.5, 0.6) is 0 Å². The van der Waals surface area contributed by atoms with Crippen molar-refractivity contribution in [1.82, 2.24) is 10.3 Å². The first-order valence-corrected chi connectivity index (χ1v) is 11.5. The number of carbonyl (C=O) groups is 2. The summed E-state index contributed by atoms with van der Waals surface area (Å²) >= 11 is 0. The van der Waals surface area contributed by atoms with Gasteiger partial charge in [-0.1, -0.05) is 50.6 Å².